The van der Waals surface area contributed by atoms with Gasteiger partial charge < -0.3 is 10.4 Å². The van der Waals surface area contributed by atoms with Crippen LogP contribution < -0.4 is 5.32 Å². The number of halogens is 1. The molecule has 0 radical (unpaired) electrons. The van der Waals surface area contributed by atoms with E-state index in [1.807, 2.05) is 12.1 Å². The number of nitrogens with one attached hydrogen (secondary N) is 1. The summed E-state index contributed by atoms with van der Waals surface area (Å²) in [7, 11) is 0. The summed E-state index contributed by atoms with van der Waals surface area (Å²) in [4.78, 5) is 4.28. The zero-order valence-corrected chi connectivity index (χ0v) is 10.8. The van der Waals surface area contributed by atoms with Crippen molar-refractivity contribution in [3.8, 4) is 0 Å². The maximum absolute atomic E-state index is 9.05. The topological polar surface area (TPSA) is 45.1 Å². The largest absolute Gasteiger partial charge is 0.396 e. The van der Waals surface area contributed by atoms with Gasteiger partial charge in [-0.15, -0.1) is 0 Å². The van der Waals surface area contributed by atoms with Gasteiger partial charge in [-0.2, -0.15) is 0 Å². The molecule has 1 aromatic rings. The third-order valence-corrected chi connectivity index (χ3v) is 3.90. The van der Waals surface area contributed by atoms with Crippen molar-refractivity contribution in [2.24, 2.45) is 5.41 Å². The Balaban J connectivity index is 1.88. The highest BCUT2D eigenvalue weighted by Crippen LogP contribution is 2.43. The second-order valence-electron chi connectivity index (χ2n) is 4.54. The van der Waals surface area contributed by atoms with Gasteiger partial charge in [0.2, 0.25) is 0 Å². The van der Waals surface area contributed by atoms with Gasteiger partial charge in [0.15, 0.2) is 0 Å². The first kappa shape index (κ1) is 11.9. The van der Waals surface area contributed by atoms with Crippen LogP contribution >= 0.6 is 15.9 Å². The highest BCUT2D eigenvalue weighted by Gasteiger charge is 2.35. The van der Waals surface area contributed by atoms with Crippen molar-refractivity contribution in [1.29, 1.82) is 0 Å². The highest BCUT2D eigenvalue weighted by molar-refractivity contribution is 9.10. The third-order valence-electron chi connectivity index (χ3n) is 3.43. The minimum Gasteiger partial charge on any atom is -0.396 e. The fourth-order valence-electron chi connectivity index (χ4n) is 2.19. The number of hydrogen-bond donors (Lipinski definition) is 2. The summed E-state index contributed by atoms with van der Waals surface area (Å²) in [6.07, 6.45) is 6.42. The van der Waals surface area contributed by atoms with Crippen LogP contribution in [0.15, 0.2) is 22.8 Å². The first-order valence-corrected chi connectivity index (χ1v) is 6.50. The first-order chi connectivity index (χ1) is 7.74. The van der Waals surface area contributed by atoms with Crippen LogP contribution in [0, 0.1) is 5.41 Å². The van der Waals surface area contributed by atoms with Crippen LogP contribution in [0.4, 0.5) is 5.82 Å². The summed E-state index contributed by atoms with van der Waals surface area (Å²) >= 11 is 3.36. The quantitative estimate of drug-likeness (QED) is 0.874. The van der Waals surface area contributed by atoms with Crippen molar-refractivity contribution in [3.05, 3.63) is 22.8 Å². The van der Waals surface area contributed by atoms with E-state index >= 15 is 0 Å². The fourth-order valence-corrected chi connectivity index (χ4v) is 2.42. The number of pyridine rings is 1. The average Bonchev–Trinajstić information content (AvgIpc) is 2.24. The summed E-state index contributed by atoms with van der Waals surface area (Å²) in [6, 6.07) is 3.95. The summed E-state index contributed by atoms with van der Waals surface area (Å²) < 4.78 is 0.992. The van der Waals surface area contributed by atoms with Gasteiger partial charge >= 0.3 is 0 Å². The maximum atomic E-state index is 9.05. The number of aromatic nitrogens is 1. The summed E-state index contributed by atoms with van der Waals surface area (Å²) in [6.45, 7) is 1.21. The number of hydrogen-bond acceptors (Lipinski definition) is 3. The van der Waals surface area contributed by atoms with E-state index in [9.17, 15) is 0 Å². The minimum atomic E-state index is 0.287. The molecule has 4 heteroatoms. The van der Waals surface area contributed by atoms with E-state index < -0.39 is 0 Å². The van der Waals surface area contributed by atoms with Crippen LogP contribution in [0.3, 0.4) is 0 Å². The number of nitrogens with zero attached hydrogens (tertiary/aromatic N) is 1. The molecule has 0 saturated heterocycles. The lowest BCUT2D eigenvalue weighted by atomic mass is 9.67. The van der Waals surface area contributed by atoms with Crippen molar-refractivity contribution < 1.29 is 5.11 Å². The highest BCUT2D eigenvalue weighted by atomic mass is 79.9. The SMILES string of the molecule is OCCC1(CNc2ccc(Br)cn2)CCC1. The Morgan fingerprint density at radius 3 is 2.75 bits per heavy atom. The van der Waals surface area contributed by atoms with Gasteiger partial charge in [-0.25, -0.2) is 4.98 Å². The first-order valence-electron chi connectivity index (χ1n) is 5.70. The molecule has 2 N–H and O–H groups in total. The van der Waals surface area contributed by atoms with E-state index in [1.54, 1.807) is 6.20 Å². The monoisotopic (exact) mass is 284 g/mol. The normalized spacial score (nSPS) is 17.9. The molecule has 0 aliphatic heterocycles. The van der Waals surface area contributed by atoms with Crippen molar-refractivity contribution in [3.63, 3.8) is 0 Å². The van der Waals surface area contributed by atoms with Gasteiger partial charge in [0.1, 0.15) is 5.82 Å². The van der Waals surface area contributed by atoms with Gasteiger partial charge in [0.25, 0.3) is 0 Å². The smallest absolute Gasteiger partial charge is 0.125 e. The summed E-state index contributed by atoms with van der Waals surface area (Å²) in [5, 5.41) is 12.4. The van der Waals surface area contributed by atoms with Gasteiger partial charge in [0, 0.05) is 23.8 Å². The van der Waals surface area contributed by atoms with E-state index in [0.717, 1.165) is 23.3 Å². The average molecular weight is 285 g/mol. The summed E-state index contributed by atoms with van der Waals surface area (Å²) in [5.74, 6) is 0.910. The lowest BCUT2D eigenvalue weighted by Gasteiger charge is -2.41. The Kier molecular flexibility index (Phi) is 3.82. The van der Waals surface area contributed by atoms with Crippen LogP contribution in [-0.4, -0.2) is 23.2 Å². The maximum Gasteiger partial charge on any atom is 0.125 e. The van der Waals surface area contributed by atoms with Crippen molar-refractivity contribution in [2.75, 3.05) is 18.5 Å². The number of rotatable bonds is 5. The second kappa shape index (κ2) is 5.15. The van der Waals surface area contributed by atoms with Crippen LogP contribution in [0.2, 0.25) is 0 Å². The molecule has 0 bridgehead atoms. The van der Waals surface area contributed by atoms with Gasteiger partial charge in [-0.3, -0.25) is 0 Å². The molecule has 1 fully saturated rings. The molecule has 0 aromatic carbocycles. The van der Waals surface area contributed by atoms with E-state index in [0.29, 0.717) is 5.41 Å². The van der Waals surface area contributed by atoms with Gasteiger partial charge in [-0.1, -0.05) is 6.42 Å². The molecular weight excluding hydrogens is 268 g/mol. The Bertz CT molecular complexity index is 335. The zero-order chi connectivity index (χ0) is 11.4. The Labute approximate surface area is 104 Å². The Morgan fingerprint density at radius 2 is 2.25 bits per heavy atom. The lowest BCUT2D eigenvalue weighted by Crippen LogP contribution is -2.37. The molecular formula is C12H17BrN2O. The number of aliphatic hydroxyl groups is 1. The van der Waals surface area contributed by atoms with Crippen molar-refractivity contribution in [2.45, 2.75) is 25.7 Å². The van der Waals surface area contributed by atoms with E-state index in [2.05, 4.69) is 26.2 Å². The zero-order valence-electron chi connectivity index (χ0n) is 9.25. The Hall–Kier alpha value is -0.610. The molecule has 0 spiro atoms. The van der Waals surface area contributed by atoms with E-state index in [1.165, 1.54) is 19.3 Å². The standard InChI is InChI=1S/C12H17BrN2O/c13-10-2-3-11(14-8-10)15-9-12(6-7-16)4-1-5-12/h2-3,8,16H,1,4-7,9H2,(H,14,15). The minimum absolute atomic E-state index is 0.287. The molecule has 3 nitrogen and oxygen atoms in total. The molecule has 1 aliphatic rings. The molecule has 0 amide bonds. The molecule has 1 heterocycles. The van der Waals surface area contributed by atoms with Crippen LogP contribution in [0.5, 0.6) is 0 Å². The van der Waals surface area contributed by atoms with Crippen LogP contribution in [0.25, 0.3) is 0 Å². The second-order valence-corrected chi connectivity index (χ2v) is 5.46. The van der Waals surface area contributed by atoms with E-state index in [-0.39, 0.29) is 6.61 Å². The lowest BCUT2D eigenvalue weighted by molar-refractivity contribution is 0.102. The predicted octanol–water partition coefficient (Wildman–Crippen LogP) is 2.81. The van der Waals surface area contributed by atoms with Gasteiger partial charge in [-0.05, 0) is 52.7 Å². The molecule has 2 rings (SSSR count). The number of aliphatic hydroxyl groups excluding tert-OH is 1. The van der Waals surface area contributed by atoms with Crippen LogP contribution in [0.1, 0.15) is 25.7 Å². The third kappa shape index (κ3) is 2.74. The predicted molar refractivity (Wildman–Crippen MR) is 68.4 cm³/mol. The van der Waals surface area contributed by atoms with E-state index in [4.69, 9.17) is 5.11 Å². The molecule has 16 heavy (non-hydrogen) atoms. The van der Waals surface area contributed by atoms with Crippen LogP contribution in [-0.2, 0) is 0 Å². The molecule has 1 aliphatic carbocycles. The molecule has 0 unspecified atom stereocenters. The molecule has 1 aromatic heterocycles. The molecule has 0 atom stereocenters. The summed E-state index contributed by atoms with van der Waals surface area (Å²) in [5.41, 5.74) is 0.309. The molecule has 1 saturated carbocycles. The van der Waals surface area contributed by atoms with Crippen molar-refractivity contribution in [1.82, 2.24) is 4.98 Å². The molecule has 88 valence electrons. The Morgan fingerprint density at radius 1 is 1.44 bits per heavy atom. The van der Waals surface area contributed by atoms with Gasteiger partial charge in [0.05, 0.1) is 0 Å². The number of anilines is 1. The van der Waals surface area contributed by atoms with Crippen molar-refractivity contribution >= 4 is 21.7 Å². The fraction of sp³-hybridized carbons (Fsp3) is 0.583.